The van der Waals surface area contributed by atoms with Crippen LogP contribution in [0.3, 0.4) is 0 Å². The second-order valence-corrected chi connectivity index (χ2v) is 5.25. The minimum Gasteiger partial charge on any atom is -0.392 e. The molecule has 1 heterocycles. The van der Waals surface area contributed by atoms with Crippen LogP contribution in [0.1, 0.15) is 11.1 Å². The van der Waals surface area contributed by atoms with Crippen LogP contribution in [-0.4, -0.2) is 10.1 Å². The van der Waals surface area contributed by atoms with E-state index in [-0.39, 0.29) is 12.4 Å². The fourth-order valence-electron chi connectivity index (χ4n) is 2.39. The van der Waals surface area contributed by atoms with Crippen molar-refractivity contribution >= 4 is 5.69 Å². The van der Waals surface area contributed by atoms with E-state index in [2.05, 4.69) is 10.3 Å². The van der Waals surface area contributed by atoms with Crippen LogP contribution in [0.5, 0.6) is 0 Å². The molecule has 3 aromatic rings. The van der Waals surface area contributed by atoms with Crippen molar-refractivity contribution < 1.29 is 9.50 Å². The van der Waals surface area contributed by atoms with Gasteiger partial charge in [0.1, 0.15) is 5.82 Å². The Morgan fingerprint density at radius 1 is 0.957 bits per heavy atom. The van der Waals surface area contributed by atoms with Gasteiger partial charge in [-0.05, 0) is 47.0 Å². The molecule has 2 aromatic carbocycles. The van der Waals surface area contributed by atoms with Gasteiger partial charge in [0, 0.05) is 30.2 Å². The Labute approximate surface area is 134 Å². The first kappa shape index (κ1) is 15.2. The molecule has 0 amide bonds. The number of pyridine rings is 1. The zero-order valence-corrected chi connectivity index (χ0v) is 12.5. The number of aliphatic hydroxyl groups is 1. The lowest BCUT2D eigenvalue weighted by atomic mass is 10.0. The minimum absolute atomic E-state index is 0.00941. The van der Waals surface area contributed by atoms with Gasteiger partial charge in [0.05, 0.1) is 6.61 Å². The molecule has 116 valence electrons. The summed E-state index contributed by atoms with van der Waals surface area (Å²) >= 11 is 0. The van der Waals surface area contributed by atoms with Crippen molar-refractivity contribution in [3.8, 4) is 11.1 Å². The lowest BCUT2D eigenvalue weighted by Gasteiger charge is -2.10. The van der Waals surface area contributed by atoms with E-state index in [4.69, 9.17) is 5.11 Å². The Kier molecular flexibility index (Phi) is 4.64. The summed E-state index contributed by atoms with van der Waals surface area (Å²) in [5, 5.41) is 12.3. The number of hydrogen-bond acceptors (Lipinski definition) is 3. The second kappa shape index (κ2) is 7.03. The van der Waals surface area contributed by atoms with Crippen LogP contribution >= 0.6 is 0 Å². The van der Waals surface area contributed by atoms with E-state index < -0.39 is 0 Å². The predicted molar refractivity (Wildman–Crippen MR) is 89.3 cm³/mol. The number of benzene rings is 2. The number of halogens is 1. The topological polar surface area (TPSA) is 45.1 Å². The predicted octanol–water partition coefficient (Wildman–Crippen LogP) is 3.99. The summed E-state index contributed by atoms with van der Waals surface area (Å²) < 4.78 is 14.3. The summed E-state index contributed by atoms with van der Waals surface area (Å²) in [7, 11) is 0. The van der Waals surface area contributed by atoms with Gasteiger partial charge in [-0.2, -0.15) is 0 Å². The number of rotatable bonds is 5. The van der Waals surface area contributed by atoms with E-state index in [0.29, 0.717) is 12.1 Å². The lowest BCUT2D eigenvalue weighted by Crippen LogP contribution is -2.02. The molecule has 0 bridgehead atoms. The SMILES string of the molecule is OCc1cccc(NCc2ccc(-c3ccncc3)cc2F)c1. The zero-order valence-electron chi connectivity index (χ0n) is 12.5. The average molecular weight is 308 g/mol. The summed E-state index contributed by atoms with van der Waals surface area (Å²) in [4.78, 5) is 3.97. The van der Waals surface area contributed by atoms with Crippen molar-refractivity contribution in [3.05, 3.63) is 83.9 Å². The molecular formula is C19H17FN2O. The first-order chi connectivity index (χ1) is 11.3. The molecule has 0 atom stereocenters. The van der Waals surface area contributed by atoms with Gasteiger partial charge in [-0.25, -0.2) is 4.39 Å². The van der Waals surface area contributed by atoms with Crippen LogP contribution < -0.4 is 5.32 Å². The van der Waals surface area contributed by atoms with Crippen LogP contribution in [0.4, 0.5) is 10.1 Å². The van der Waals surface area contributed by atoms with Gasteiger partial charge in [-0.15, -0.1) is 0 Å². The third kappa shape index (κ3) is 3.73. The third-order valence-corrected chi connectivity index (χ3v) is 3.66. The Bertz CT molecular complexity index is 790. The summed E-state index contributed by atoms with van der Waals surface area (Å²) in [5.74, 6) is -0.245. The van der Waals surface area contributed by atoms with Gasteiger partial charge in [0.2, 0.25) is 0 Å². The van der Waals surface area contributed by atoms with Crippen LogP contribution in [0.2, 0.25) is 0 Å². The number of aliphatic hydroxyl groups excluding tert-OH is 1. The number of aromatic nitrogens is 1. The highest BCUT2D eigenvalue weighted by Crippen LogP contribution is 2.22. The van der Waals surface area contributed by atoms with Crippen molar-refractivity contribution in [2.75, 3.05) is 5.32 Å². The van der Waals surface area contributed by atoms with E-state index in [9.17, 15) is 4.39 Å². The molecule has 0 aliphatic carbocycles. The van der Waals surface area contributed by atoms with Crippen LogP contribution in [0, 0.1) is 5.82 Å². The quantitative estimate of drug-likeness (QED) is 0.749. The molecule has 0 radical (unpaired) electrons. The van der Waals surface area contributed by atoms with Gasteiger partial charge in [-0.3, -0.25) is 4.98 Å². The maximum Gasteiger partial charge on any atom is 0.128 e. The first-order valence-corrected chi connectivity index (χ1v) is 7.39. The standard InChI is InChI=1S/C19H17FN2O/c20-19-11-16(15-6-8-21-9-7-15)4-5-17(19)12-22-18-3-1-2-14(10-18)13-23/h1-11,22-23H,12-13H2. The normalized spacial score (nSPS) is 10.5. The highest BCUT2D eigenvalue weighted by atomic mass is 19.1. The Morgan fingerprint density at radius 2 is 1.78 bits per heavy atom. The van der Waals surface area contributed by atoms with E-state index in [0.717, 1.165) is 22.4 Å². The number of nitrogens with one attached hydrogen (secondary N) is 1. The van der Waals surface area contributed by atoms with Crippen molar-refractivity contribution in [2.45, 2.75) is 13.2 Å². The molecule has 2 N–H and O–H groups in total. The molecule has 3 nitrogen and oxygen atoms in total. The van der Waals surface area contributed by atoms with Crippen molar-refractivity contribution in [3.63, 3.8) is 0 Å². The van der Waals surface area contributed by atoms with Gasteiger partial charge in [-0.1, -0.05) is 24.3 Å². The highest BCUT2D eigenvalue weighted by molar-refractivity contribution is 5.63. The van der Waals surface area contributed by atoms with Crippen LogP contribution in [0.15, 0.2) is 67.0 Å². The van der Waals surface area contributed by atoms with Crippen LogP contribution in [-0.2, 0) is 13.2 Å². The van der Waals surface area contributed by atoms with E-state index in [1.807, 2.05) is 42.5 Å². The zero-order chi connectivity index (χ0) is 16.1. The first-order valence-electron chi connectivity index (χ1n) is 7.39. The average Bonchev–Trinajstić information content (AvgIpc) is 2.61. The molecule has 0 aliphatic rings. The monoisotopic (exact) mass is 308 g/mol. The Balaban J connectivity index is 1.73. The molecular weight excluding hydrogens is 291 g/mol. The molecule has 0 spiro atoms. The third-order valence-electron chi connectivity index (χ3n) is 3.66. The van der Waals surface area contributed by atoms with Gasteiger partial charge in [0.25, 0.3) is 0 Å². The van der Waals surface area contributed by atoms with Gasteiger partial charge >= 0.3 is 0 Å². The van der Waals surface area contributed by atoms with Gasteiger partial charge in [0.15, 0.2) is 0 Å². The molecule has 0 saturated carbocycles. The summed E-state index contributed by atoms with van der Waals surface area (Å²) in [5.41, 5.74) is 4.04. The lowest BCUT2D eigenvalue weighted by molar-refractivity contribution is 0.282. The molecule has 4 heteroatoms. The maximum absolute atomic E-state index is 14.3. The second-order valence-electron chi connectivity index (χ2n) is 5.25. The molecule has 1 aromatic heterocycles. The number of nitrogens with zero attached hydrogens (tertiary/aromatic N) is 1. The fourth-order valence-corrected chi connectivity index (χ4v) is 2.39. The molecule has 0 aliphatic heterocycles. The van der Waals surface area contributed by atoms with Crippen molar-refractivity contribution in [1.29, 1.82) is 0 Å². The van der Waals surface area contributed by atoms with Crippen molar-refractivity contribution in [2.24, 2.45) is 0 Å². The summed E-state index contributed by atoms with van der Waals surface area (Å²) in [6.07, 6.45) is 3.38. The van der Waals surface area contributed by atoms with Crippen LogP contribution in [0.25, 0.3) is 11.1 Å². The Hall–Kier alpha value is -2.72. The molecule has 23 heavy (non-hydrogen) atoms. The Morgan fingerprint density at radius 3 is 2.52 bits per heavy atom. The number of hydrogen-bond donors (Lipinski definition) is 2. The molecule has 0 fully saturated rings. The van der Waals surface area contributed by atoms with Crippen molar-refractivity contribution in [1.82, 2.24) is 4.98 Å². The molecule has 0 saturated heterocycles. The highest BCUT2D eigenvalue weighted by Gasteiger charge is 2.05. The molecule has 3 rings (SSSR count). The van der Waals surface area contributed by atoms with Gasteiger partial charge < -0.3 is 10.4 Å². The van der Waals surface area contributed by atoms with E-state index in [1.165, 1.54) is 6.07 Å². The van der Waals surface area contributed by atoms with E-state index in [1.54, 1.807) is 18.5 Å². The molecule has 0 unspecified atom stereocenters. The van der Waals surface area contributed by atoms with E-state index >= 15 is 0 Å². The minimum atomic E-state index is -0.245. The summed E-state index contributed by atoms with van der Waals surface area (Å²) in [6, 6.07) is 16.4. The summed E-state index contributed by atoms with van der Waals surface area (Å²) in [6.45, 7) is 0.377. The number of anilines is 1. The largest absolute Gasteiger partial charge is 0.392 e. The maximum atomic E-state index is 14.3. The fraction of sp³-hybridized carbons (Fsp3) is 0.105. The smallest absolute Gasteiger partial charge is 0.128 e.